The third-order valence-electron chi connectivity index (χ3n) is 3.97. The summed E-state index contributed by atoms with van der Waals surface area (Å²) in [6.45, 7) is 1.86. The molecule has 1 N–H and O–H groups in total. The number of alkyl halides is 3. The van der Waals surface area contributed by atoms with Gasteiger partial charge in [0.1, 0.15) is 11.4 Å². The van der Waals surface area contributed by atoms with E-state index in [9.17, 15) is 18.0 Å². The fourth-order valence-corrected chi connectivity index (χ4v) is 2.57. The molecule has 0 saturated carbocycles. The van der Waals surface area contributed by atoms with Crippen LogP contribution in [0.4, 0.5) is 18.9 Å². The Kier molecular flexibility index (Phi) is 4.89. The number of benzene rings is 2. The minimum absolute atomic E-state index is 0.238. The summed E-state index contributed by atoms with van der Waals surface area (Å²) in [5.74, 6) is 0.243. The van der Waals surface area contributed by atoms with Crippen LogP contribution in [-0.2, 0) is 6.18 Å². The molecule has 0 aliphatic carbocycles. The monoisotopic (exact) mass is 375 g/mol. The van der Waals surface area contributed by atoms with Crippen molar-refractivity contribution in [1.82, 2.24) is 9.78 Å². The van der Waals surface area contributed by atoms with Gasteiger partial charge in [-0.15, -0.1) is 0 Å². The van der Waals surface area contributed by atoms with E-state index in [1.54, 1.807) is 18.2 Å². The lowest BCUT2D eigenvalue weighted by atomic mass is 10.1. The van der Waals surface area contributed by atoms with Crippen molar-refractivity contribution in [2.24, 2.45) is 0 Å². The van der Waals surface area contributed by atoms with E-state index in [1.807, 2.05) is 6.92 Å². The van der Waals surface area contributed by atoms with Gasteiger partial charge in [0, 0.05) is 11.3 Å². The summed E-state index contributed by atoms with van der Waals surface area (Å²) in [6, 6.07) is 11.9. The highest BCUT2D eigenvalue weighted by molar-refractivity contribution is 6.04. The van der Waals surface area contributed by atoms with Gasteiger partial charge in [-0.25, -0.2) is 4.68 Å². The van der Waals surface area contributed by atoms with Crippen molar-refractivity contribution in [3.63, 3.8) is 0 Å². The van der Waals surface area contributed by atoms with Gasteiger partial charge in [0.15, 0.2) is 0 Å². The van der Waals surface area contributed by atoms with Crippen molar-refractivity contribution < 1.29 is 22.7 Å². The summed E-state index contributed by atoms with van der Waals surface area (Å²) in [5.41, 5.74) is 1.13. The Morgan fingerprint density at radius 1 is 1.11 bits per heavy atom. The van der Waals surface area contributed by atoms with Gasteiger partial charge in [0.25, 0.3) is 5.91 Å². The van der Waals surface area contributed by atoms with E-state index >= 15 is 0 Å². The van der Waals surface area contributed by atoms with Crippen LogP contribution in [0.1, 0.15) is 21.6 Å². The van der Waals surface area contributed by atoms with Crippen LogP contribution >= 0.6 is 0 Å². The number of ether oxygens (including phenoxy) is 1. The van der Waals surface area contributed by atoms with Gasteiger partial charge in [-0.3, -0.25) is 4.79 Å². The predicted molar refractivity (Wildman–Crippen MR) is 94.3 cm³/mol. The smallest absolute Gasteiger partial charge is 0.433 e. The van der Waals surface area contributed by atoms with Crippen LogP contribution in [0, 0.1) is 6.92 Å². The Bertz CT molecular complexity index is 963. The Morgan fingerprint density at radius 3 is 2.44 bits per heavy atom. The van der Waals surface area contributed by atoms with Gasteiger partial charge in [0.2, 0.25) is 0 Å². The molecule has 3 rings (SSSR count). The van der Waals surface area contributed by atoms with E-state index in [2.05, 4.69) is 10.4 Å². The lowest BCUT2D eigenvalue weighted by Crippen LogP contribution is -2.14. The number of hydrogen-bond acceptors (Lipinski definition) is 3. The topological polar surface area (TPSA) is 56.1 Å². The van der Waals surface area contributed by atoms with Crippen molar-refractivity contribution in [2.75, 3.05) is 12.4 Å². The molecule has 0 fully saturated rings. The largest absolute Gasteiger partial charge is 0.496 e. The highest BCUT2D eigenvalue weighted by Gasteiger charge is 2.35. The van der Waals surface area contributed by atoms with E-state index in [0.717, 1.165) is 22.5 Å². The third kappa shape index (κ3) is 3.94. The Morgan fingerprint density at radius 2 is 1.81 bits per heavy atom. The number of rotatable bonds is 4. The van der Waals surface area contributed by atoms with Crippen molar-refractivity contribution >= 4 is 11.6 Å². The normalized spacial score (nSPS) is 11.3. The van der Waals surface area contributed by atoms with Gasteiger partial charge in [-0.1, -0.05) is 6.07 Å². The molecule has 1 heterocycles. The molecule has 140 valence electrons. The zero-order chi connectivity index (χ0) is 19.6. The van der Waals surface area contributed by atoms with E-state index in [1.165, 1.54) is 31.4 Å². The van der Waals surface area contributed by atoms with Crippen LogP contribution in [0.5, 0.6) is 5.75 Å². The zero-order valence-electron chi connectivity index (χ0n) is 14.5. The number of hydrogen-bond donors (Lipinski definition) is 1. The molecule has 0 saturated heterocycles. The molecule has 0 spiro atoms. The molecular formula is C19H16F3N3O2. The first-order chi connectivity index (χ1) is 12.8. The predicted octanol–water partition coefficient (Wildman–Crippen LogP) is 4.46. The van der Waals surface area contributed by atoms with Crippen molar-refractivity contribution in [3.8, 4) is 11.4 Å². The van der Waals surface area contributed by atoms with Gasteiger partial charge in [-0.05, 0) is 55.0 Å². The standard InChI is InChI=1S/C19H16F3N3O2/c1-12-3-4-13(11-16(12)27-2)18(26)24-14-5-7-15(8-6-14)25-17(9-10-23-25)19(20,21)22/h3-11H,1-2H3,(H,24,26). The van der Waals surface area contributed by atoms with Crippen LogP contribution in [-0.4, -0.2) is 22.8 Å². The summed E-state index contributed by atoms with van der Waals surface area (Å²) < 4.78 is 44.9. The van der Waals surface area contributed by atoms with Crippen molar-refractivity contribution in [3.05, 3.63) is 71.5 Å². The number of carbonyl (C=O) groups excluding carboxylic acids is 1. The molecule has 8 heteroatoms. The second kappa shape index (κ2) is 7.14. The molecule has 27 heavy (non-hydrogen) atoms. The number of halogens is 3. The number of aryl methyl sites for hydroxylation is 1. The molecule has 5 nitrogen and oxygen atoms in total. The number of anilines is 1. The van der Waals surface area contributed by atoms with Crippen LogP contribution in [0.15, 0.2) is 54.7 Å². The molecule has 1 aromatic heterocycles. The maximum atomic E-state index is 13.0. The first-order valence-corrected chi connectivity index (χ1v) is 7.97. The number of methoxy groups -OCH3 is 1. The molecule has 3 aromatic rings. The first-order valence-electron chi connectivity index (χ1n) is 7.97. The summed E-state index contributed by atoms with van der Waals surface area (Å²) >= 11 is 0. The minimum Gasteiger partial charge on any atom is -0.496 e. The highest BCUT2D eigenvalue weighted by atomic mass is 19.4. The minimum atomic E-state index is -4.51. The molecule has 0 aliphatic rings. The van der Waals surface area contributed by atoms with Crippen LogP contribution in [0.25, 0.3) is 5.69 Å². The highest BCUT2D eigenvalue weighted by Crippen LogP contribution is 2.30. The first kappa shape index (κ1) is 18.5. The van der Waals surface area contributed by atoms with Gasteiger partial charge >= 0.3 is 6.18 Å². The number of nitrogens with one attached hydrogen (secondary N) is 1. The van der Waals surface area contributed by atoms with Gasteiger partial charge in [0.05, 0.1) is 19.0 Å². The molecular weight excluding hydrogens is 359 g/mol. The molecule has 0 radical (unpaired) electrons. The summed E-state index contributed by atoms with van der Waals surface area (Å²) in [6.07, 6.45) is -3.42. The molecule has 0 aliphatic heterocycles. The third-order valence-corrected chi connectivity index (χ3v) is 3.97. The zero-order valence-corrected chi connectivity index (χ0v) is 14.5. The van der Waals surface area contributed by atoms with E-state index in [-0.39, 0.29) is 11.6 Å². The SMILES string of the molecule is COc1cc(C(=O)Nc2ccc(-n3nccc3C(F)(F)F)cc2)ccc1C. The van der Waals surface area contributed by atoms with E-state index < -0.39 is 11.9 Å². The Labute approximate surface area is 153 Å². The lowest BCUT2D eigenvalue weighted by Gasteiger charge is -2.12. The number of aromatic nitrogens is 2. The number of carbonyl (C=O) groups is 1. The number of nitrogens with zero attached hydrogens (tertiary/aromatic N) is 2. The average molecular weight is 375 g/mol. The van der Waals surface area contributed by atoms with E-state index in [4.69, 9.17) is 4.74 Å². The maximum Gasteiger partial charge on any atom is 0.433 e. The van der Waals surface area contributed by atoms with Crippen LogP contribution in [0.3, 0.4) is 0 Å². The Balaban J connectivity index is 1.79. The molecule has 0 atom stereocenters. The maximum absolute atomic E-state index is 13.0. The lowest BCUT2D eigenvalue weighted by molar-refractivity contribution is -0.142. The second-order valence-electron chi connectivity index (χ2n) is 5.81. The molecule has 2 aromatic carbocycles. The second-order valence-corrected chi connectivity index (χ2v) is 5.81. The molecule has 0 bridgehead atoms. The quantitative estimate of drug-likeness (QED) is 0.733. The summed E-state index contributed by atoms with van der Waals surface area (Å²) in [5, 5.41) is 6.41. The Hall–Kier alpha value is -3.29. The van der Waals surface area contributed by atoms with E-state index in [0.29, 0.717) is 17.0 Å². The average Bonchev–Trinajstić information content (AvgIpc) is 3.13. The van der Waals surface area contributed by atoms with Crippen LogP contribution < -0.4 is 10.1 Å². The van der Waals surface area contributed by atoms with Gasteiger partial charge in [-0.2, -0.15) is 18.3 Å². The van der Waals surface area contributed by atoms with Gasteiger partial charge < -0.3 is 10.1 Å². The van der Waals surface area contributed by atoms with Crippen molar-refractivity contribution in [1.29, 1.82) is 0 Å². The molecule has 0 unspecified atom stereocenters. The molecule has 1 amide bonds. The number of amides is 1. The fraction of sp³-hybridized carbons (Fsp3) is 0.158. The van der Waals surface area contributed by atoms with Crippen LogP contribution in [0.2, 0.25) is 0 Å². The fourth-order valence-electron chi connectivity index (χ4n) is 2.57. The summed E-state index contributed by atoms with van der Waals surface area (Å²) in [7, 11) is 1.52. The van der Waals surface area contributed by atoms with Crippen molar-refractivity contribution in [2.45, 2.75) is 13.1 Å². The summed E-state index contributed by atoms with van der Waals surface area (Å²) in [4.78, 5) is 12.4.